The van der Waals surface area contributed by atoms with Crippen LogP contribution in [0.15, 0.2) is 47.3 Å². The first-order chi connectivity index (χ1) is 11.6. The molecule has 126 valence electrons. The number of pyridine rings is 1. The van der Waals surface area contributed by atoms with Gasteiger partial charge in [0.1, 0.15) is 35.8 Å². The molecule has 24 heavy (non-hydrogen) atoms. The van der Waals surface area contributed by atoms with Crippen LogP contribution in [-0.2, 0) is 4.74 Å². The molecule has 0 spiro atoms. The molecule has 0 amide bonds. The van der Waals surface area contributed by atoms with Gasteiger partial charge in [0.2, 0.25) is 0 Å². The minimum Gasteiger partial charge on any atom is -0.466 e. The normalized spacial score (nSPS) is 28.5. The van der Waals surface area contributed by atoms with Gasteiger partial charge in [0.25, 0.3) is 0 Å². The molecule has 3 aromatic heterocycles. The number of ether oxygens (including phenoxy) is 1. The van der Waals surface area contributed by atoms with Crippen molar-refractivity contribution in [3.8, 4) is 0 Å². The lowest BCUT2D eigenvalue weighted by atomic mass is 10.0. The highest BCUT2D eigenvalue weighted by Gasteiger charge is 2.48. The number of aliphatic hydroxyl groups is 3. The minimum atomic E-state index is -1.25. The Balaban J connectivity index is 1.68. The summed E-state index contributed by atoms with van der Waals surface area (Å²) in [4.78, 5) is 4.34. The number of aromatic nitrogens is 2. The number of fused-ring (bicyclic) bond motifs is 1. The van der Waals surface area contributed by atoms with Gasteiger partial charge in [-0.25, -0.2) is 4.98 Å². The second-order valence-corrected chi connectivity index (χ2v) is 6.02. The molecule has 1 aliphatic rings. The van der Waals surface area contributed by atoms with Gasteiger partial charge in [0, 0.05) is 17.8 Å². The fraction of sp³-hybridized carbons (Fsp3) is 0.353. The van der Waals surface area contributed by atoms with E-state index in [4.69, 9.17) is 9.15 Å². The van der Waals surface area contributed by atoms with Crippen molar-refractivity contribution in [3.63, 3.8) is 0 Å². The Morgan fingerprint density at radius 1 is 1.21 bits per heavy atom. The van der Waals surface area contributed by atoms with E-state index in [-0.39, 0.29) is 5.76 Å². The molecule has 0 saturated carbocycles. The smallest absolute Gasteiger partial charge is 0.164 e. The predicted molar refractivity (Wildman–Crippen MR) is 84.1 cm³/mol. The lowest BCUT2D eigenvalue weighted by molar-refractivity contribution is -0.0903. The Bertz CT molecular complexity index is 844. The Kier molecular flexibility index (Phi) is 3.65. The molecule has 3 N–H and O–H groups in total. The Hall–Kier alpha value is -2.19. The zero-order valence-electron chi connectivity index (χ0n) is 13.0. The monoisotopic (exact) mass is 330 g/mol. The number of hydrogen-bond acceptors (Lipinski definition) is 6. The summed E-state index contributed by atoms with van der Waals surface area (Å²) in [5, 5.41) is 32.0. The molecule has 1 saturated heterocycles. The van der Waals surface area contributed by atoms with E-state index in [1.54, 1.807) is 29.1 Å². The van der Waals surface area contributed by atoms with Crippen LogP contribution in [0.1, 0.15) is 23.7 Å². The molecule has 0 bridgehead atoms. The van der Waals surface area contributed by atoms with Crippen molar-refractivity contribution in [2.45, 2.75) is 37.6 Å². The molecule has 1 aliphatic heterocycles. The second-order valence-electron chi connectivity index (χ2n) is 6.02. The van der Waals surface area contributed by atoms with Crippen LogP contribution in [0.4, 0.5) is 0 Å². The van der Waals surface area contributed by atoms with Crippen LogP contribution < -0.4 is 0 Å². The van der Waals surface area contributed by atoms with Crippen molar-refractivity contribution in [1.29, 1.82) is 0 Å². The maximum absolute atomic E-state index is 10.4. The Morgan fingerprint density at radius 3 is 2.79 bits per heavy atom. The maximum Gasteiger partial charge on any atom is 0.164 e. The van der Waals surface area contributed by atoms with Crippen LogP contribution in [0, 0.1) is 6.92 Å². The summed E-state index contributed by atoms with van der Waals surface area (Å²) in [6.45, 7) is 1.97. The highest BCUT2D eigenvalue weighted by atomic mass is 16.6. The topological polar surface area (TPSA) is 101 Å². The predicted octanol–water partition coefficient (Wildman–Crippen LogP) is 1.29. The molecular formula is C17H18N2O5. The number of furan rings is 1. The largest absolute Gasteiger partial charge is 0.466 e. The van der Waals surface area contributed by atoms with Gasteiger partial charge in [0.15, 0.2) is 6.23 Å². The standard InChI is InChI=1S/C17H18N2O5/c1-9-4-6-18-16-10(9)5-7-19(16)17-14(22)13(21)15(24-17)12(20)11-3-2-8-23-11/h2-8,12-15,17,20-22H,1H3/t12-,13-,14+,15+,17+/m0/s1. The average molecular weight is 330 g/mol. The van der Waals surface area contributed by atoms with E-state index in [1.807, 2.05) is 19.1 Å². The summed E-state index contributed by atoms with van der Waals surface area (Å²) >= 11 is 0. The van der Waals surface area contributed by atoms with Gasteiger partial charge in [-0.3, -0.25) is 0 Å². The van der Waals surface area contributed by atoms with Gasteiger partial charge in [-0.05, 0) is 36.8 Å². The molecule has 1 fully saturated rings. The highest BCUT2D eigenvalue weighted by molar-refractivity contribution is 5.79. The lowest BCUT2D eigenvalue weighted by Crippen LogP contribution is -2.34. The van der Waals surface area contributed by atoms with Gasteiger partial charge in [0.05, 0.1) is 6.26 Å². The third-order valence-electron chi connectivity index (χ3n) is 4.53. The molecular weight excluding hydrogens is 312 g/mol. The van der Waals surface area contributed by atoms with E-state index in [0.29, 0.717) is 5.65 Å². The molecule has 3 aromatic rings. The van der Waals surface area contributed by atoms with E-state index in [0.717, 1.165) is 10.9 Å². The van der Waals surface area contributed by atoms with Gasteiger partial charge in [-0.15, -0.1) is 0 Å². The Labute approximate surface area is 137 Å². The Morgan fingerprint density at radius 2 is 2.04 bits per heavy atom. The molecule has 5 atom stereocenters. The van der Waals surface area contributed by atoms with E-state index in [9.17, 15) is 15.3 Å². The maximum atomic E-state index is 10.4. The average Bonchev–Trinajstić information content (AvgIpc) is 3.29. The number of rotatable bonds is 3. The van der Waals surface area contributed by atoms with Crippen LogP contribution >= 0.6 is 0 Å². The SMILES string of the molecule is Cc1ccnc2c1ccn2[C@@H]1O[C@H]([C@@H](O)c2ccco2)[C@@H](O)[C@H]1O. The van der Waals surface area contributed by atoms with Gasteiger partial charge in [-0.1, -0.05) is 0 Å². The lowest BCUT2D eigenvalue weighted by Gasteiger charge is -2.19. The van der Waals surface area contributed by atoms with Crippen LogP contribution in [0.3, 0.4) is 0 Å². The molecule has 7 nitrogen and oxygen atoms in total. The number of aliphatic hydroxyl groups excluding tert-OH is 3. The number of nitrogens with zero attached hydrogens (tertiary/aromatic N) is 2. The van der Waals surface area contributed by atoms with E-state index in [1.165, 1.54) is 6.26 Å². The van der Waals surface area contributed by atoms with Gasteiger partial charge < -0.3 is 29.0 Å². The molecule has 7 heteroatoms. The van der Waals surface area contributed by atoms with Crippen molar-refractivity contribution < 1.29 is 24.5 Å². The summed E-state index contributed by atoms with van der Waals surface area (Å²) in [5.74, 6) is 0.276. The molecule has 0 aliphatic carbocycles. The van der Waals surface area contributed by atoms with Gasteiger partial charge in [-0.2, -0.15) is 0 Å². The van der Waals surface area contributed by atoms with Crippen molar-refractivity contribution >= 4 is 11.0 Å². The number of aryl methyl sites for hydroxylation is 1. The first kappa shape index (κ1) is 15.3. The highest BCUT2D eigenvalue weighted by Crippen LogP contribution is 2.37. The molecule has 4 heterocycles. The third kappa shape index (κ3) is 2.25. The second kappa shape index (κ2) is 5.71. The summed E-state index contributed by atoms with van der Waals surface area (Å²) in [6, 6.07) is 7.02. The van der Waals surface area contributed by atoms with Crippen molar-refractivity contribution in [3.05, 3.63) is 54.2 Å². The van der Waals surface area contributed by atoms with Crippen molar-refractivity contribution in [2.24, 2.45) is 0 Å². The number of hydrogen-bond donors (Lipinski definition) is 3. The summed E-state index contributed by atoms with van der Waals surface area (Å²) in [6.07, 6.45) is -0.602. The minimum absolute atomic E-state index is 0.276. The fourth-order valence-electron chi connectivity index (χ4n) is 3.20. The van der Waals surface area contributed by atoms with Crippen LogP contribution in [0.5, 0.6) is 0 Å². The van der Waals surface area contributed by atoms with Crippen molar-refractivity contribution in [2.75, 3.05) is 0 Å². The first-order valence-corrected chi connectivity index (χ1v) is 7.73. The summed E-state index contributed by atoms with van der Waals surface area (Å²) in [7, 11) is 0. The third-order valence-corrected chi connectivity index (χ3v) is 4.53. The zero-order chi connectivity index (χ0) is 16.8. The molecule has 0 unspecified atom stereocenters. The van der Waals surface area contributed by atoms with Crippen LogP contribution in [-0.4, -0.2) is 43.2 Å². The zero-order valence-corrected chi connectivity index (χ0v) is 13.0. The molecule has 0 radical (unpaired) electrons. The fourth-order valence-corrected chi connectivity index (χ4v) is 3.20. The molecule has 0 aromatic carbocycles. The quantitative estimate of drug-likeness (QED) is 0.669. The summed E-state index contributed by atoms with van der Waals surface area (Å²) in [5.41, 5.74) is 1.71. The van der Waals surface area contributed by atoms with E-state index in [2.05, 4.69) is 4.98 Å². The van der Waals surface area contributed by atoms with E-state index < -0.39 is 30.6 Å². The van der Waals surface area contributed by atoms with E-state index >= 15 is 0 Å². The van der Waals surface area contributed by atoms with Crippen LogP contribution in [0.2, 0.25) is 0 Å². The van der Waals surface area contributed by atoms with Crippen molar-refractivity contribution in [1.82, 2.24) is 9.55 Å². The van der Waals surface area contributed by atoms with Gasteiger partial charge >= 0.3 is 0 Å². The molecule has 4 rings (SSSR count). The summed E-state index contributed by atoms with van der Waals surface area (Å²) < 4.78 is 12.6. The van der Waals surface area contributed by atoms with Crippen LogP contribution in [0.25, 0.3) is 11.0 Å². The first-order valence-electron chi connectivity index (χ1n) is 7.73.